The van der Waals surface area contributed by atoms with Gasteiger partial charge in [0.15, 0.2) is 0 Å². The van der Waals surface area contributed by atoms with E-state index in [0.29, 0.717) is 16.8 Å². The number of sulfonamides is 1. The second-order valence-electron chi connectivity index (χ2n) is 4.33. The molecule has 0 saturated carbocycles. The van der Waals surface area contributed by atoms with Crippen LogP contribution in [-0.2, 0) is 15.8 Å². The van der Waals surface area contributed by atoms with Gasteiger partial charge in [-0.25, -0.2) is 18.4 Å². The molecular formula is C13H11ClN4O2S. The monoisotopic (exact) mass is 322 g/mol. The number of aryl methyl sites for hydroxylation is 1. The molecule has 1 aromatic heterocycles. The minimum atomic E-state index is -3.69. The molecule has 21 heavy (non-hydrogen) atoms. The smallest absolute Gasteiger partial charge is 0.239 e. The summed E-state index contributed by atoms with van der Waals surface area (Å²) >= 11 is 5.76. The highest BCUT2D eigenvalue weighted by atomic mass is 35.5. The topological polar surface area (TPSA) is 95.7 Å². The zero-order valence-electron chi connectivity index (χ0n) is 11.0. The average molecular weight is 323 g/mol. The second kappa shape index (κ2) is 6.08. The van der Waals surface area contributed by atoms with Crippen molar-refractivity contribution in [2.24, 2.45) is 0 Å². The van der Waals surface area contributed by atoms with Crippen LogP contribution < -0.4 is 4.72 Å². The fourth-order valence-corrected chi connectivity index (χ4v) is 3.00. The Morgan fingerprint density at radius 3 is 2.76 bits per heavy atom. The SMILES string of the molecule is Cc1cc(Cl)nc(NS(=O)(=O)Cc2cccc(C#N)c2)n1. The number of aromatic nitrogens is 2. The molecule has 0 aliphatic rings. The van der Waals surface area contributed by atoms with Crippen LogP contribution in [0.2, 0.25) is 5.15 Å². The maximum absolute atomic E-state index is 12.1. The lowest BCUT2D eigenvalue weighted by atomic mass is 10.2. The van der Waals surface area contributed by atoms with Crippen LogP contribution in [0.15, 0.2) is 30.3 Å². The molecule has 2 rings (SSSR count). The Balaban J connectivity index is 2.20. The molecule has 0 unspecified atom stereocenters. The van der Waals surface area contributed by atoms with Crippen molar-refractivity contribution in [3.8, 4) is 6.07 Å². The summed E-state index contributed by atoms with van der Waals surface area (Å²) in [6.45, 7) is 1.68. The molecule has 2 aromatic rings. The van der Waals surface area contributed by atoms with Crippen molar-refractivity contribution in [2.45, 2.75) is 12.7 Å². The predicted octanol–water partition coefficient (Wildman–Crippen LogP) is 2.25. The Labute approximate surface area is 127 Å². The fraction of sp³-hybridized carbons (Fsp3) is 0.154. The molecule has 1 aromatic carbocycles. The number of nitrogens with zero attached hydrogens (tertiary/aromatic N) is 3. The number of nitriles is 1. The molecule has 0 saturated heterocycles. The van der Waals surface area contributed by atoms with Crippen LogP contribution >= 0.6 is 11.6 Å². The fourth-order valence-electron chi connectivity index (χ4n) is 1.70. The van der Waals surface area contributed by atoms with Crippen molar-refractivity contribution >= 4 is 27.6 Å². The molecule has 0 spiro atoms. The van der Waals surface area contributed by atoms with E-state index in [1.54, 1.807) is 25.1 Å². The van der Waals surface area contributed by atoms with Crippen LogP contribution in [0.4, 0.5) is 5.95 Å². The number of anilines is 1. The number of hydrogen-bond donors (Lipinski definition) is 1. The van der Waals surface area contributed by atoms with Gasteiger partial charge in [-0.05, 0) is 30.7 Å². The molecule has 8 heteroatoms. The maximum Gasteiger partial charge on any atom is 0.239 e. The van der Waals surface area contributed by atoms with E-state index in [1.165, 1.54) is 12.1 Å². The summed E-state index contributed by atoms with van der Waals surface area (Å²) in [5.74, 6) is -0.353. The van der Waals surface area contributed by atoms with Crippen LogP contribution in [0.3, 0.4) is 0 Å². The highest BCUT2D eigenvalue weighted by molar-refractivity contribution is 7.91. The standard InChI is InChI=1S/C13H11ClN4O2S/c1-9-5-12(14)17-13(16-9)18-21(19,20)8-11-4-2-3-10(6-11)7-15/h2-6H,8H2,1H3,(H,16,17,18). The first-order valence-corrected chi connectivity index (χ1v) is 7.92. The summed E-state index contributed by atoms with van der Waals surface area (Å²) in [6, 6.07) is 9.86. The number of rotatable bonds is 4. The lowest BCUT2D eigenvalue weighted by molar-refractivity contribution is 0.600. The van der Waals surface area contributed by atoms with Crippen LogP contribution in [0, 0.1) is 18.3 Å². The van der Waals surface area contributed by atoms with Gasteiger partial charge in [0.2, 0.25) is 16.0 Å². The number of halogens is 1. The molecule has 108 valence electrons. The number of benzene rings is 1. The van der Waals surface area contributed by atoms with Crippen LogP contribution in [-0.4, -0.2) is 18.4 Å². The lowest BCUT2D eigenvalue weighted by Gasteiger charge is -2.07. The molecule has 0 bridgehead atoms. The molecular weight excluding hydrogens is 312 g/mol. The zero-order chi connectivity index (χ0) is 15.5. The van der Waals surface area contributed by atoms with E-state index in [9.17, 15) is 8.42 Å². The summed E-state index contributed by atoms with van der Waals surface area (Å²) in [4.78, 5) is 7.76. The Hall–Kier alpha value is -2.17. The minimum absolute atomic E-state index is 0.0727. The van der Waals surface area contributed by atoms with E-state index in [0.717, 1.165) is 0 Å². The quantitative estimate of drug-likeness (QED) is 0.871. The normalized spacial score (nSPS) is 10.9. The summed E-state index contributed by atoms with van der Waals surface area (Å²) in [7, 11) is -3.69. The Kier molecular flexibility index (Phi) is 4.40. The first-order chi connectivity index (χ1) is 9.88. The van der Waals surface area contributed by atoms with E-state index in [4.69, 9.17) is 16.9 Å². The molecule has 0 amide bonds. The largest absolute Gasteiger partial charge is 0.251 e. The predicted molar refractivity (Wildman–Crippen MR) is 79.2 cm³/mol. The van der Waals surface area contributed by atoms with Gasteiger partial charge in [-0.2, -0.15) is 5.26 Å². The molecule has 0 aliphatic heterocycles. The van der Waals surface area contributed by atoms with E-state index >= 15 is 0 Å². The third kappa shape index (κ3) is 4.41. The van der Waals surface area contributed by atoms with Gasteiger partial charge in [-0.3, -0.25) is 4.72 Å². The van der Waals surface area contributed by atoms with Gasteiger partial charge in [0.05, 0.1) is 17.4 Å². The molecule has 0 aliphatic carbocycles. The highest BCUT2D eigenvalue weighted by Gasteiger charge is 2.14. The van der Waals surface area contributed by atoms with E-state index < -0.39 is 10.0 Å². The Morgan fingerprint density at radius 1 is 1.33 bits per heavy atom. The van der Waals surface area contributed by atoms with Gasteiger partial charge < -0.3 is 0 Å². The van der Waals surface area contributed by atoms with Crippen LogP contribution in [0.25, 0.3) is 0 Å². The van der Waals surface area contributed by atoms with Crippen molar-refractivity contribution in [2.75, 3.05) is 4.72 Å². The van der Waals surface area contributed by atoms with E-state index in [1.807, 2.05) is 6.07 Å². The molecule has 6 nitrogen and oxygen atoms in total. The van der Waals surface area contributed by atoms with E-state index in [2.05, 4.69) is 14.7 Å². The molecule has 0 fully saturated rings. The van der Waals surface area contributed by atoms with Gasteiger partial charge in [-0.1, -0.05) is 23.7 Å². The van der Waals surface area contributed by atoms with Crippen molar-refractivity contribution < 1.29 is 8.42 Å². The molecule has 1 heterocycles. The van der Waals surface area contributed by atoms with Gasteiger partial charge in [-0.15, -0.1) is 0 Å². The van der Waals surface area contributed by atoms with Crippen molar-refractivity contribution in [3.63, 3.8) is 0 Å². The van der Waals surface area contributed by atoms with E-state index in [-0.39, 0.29) is 16.9 Å². The van der Waals surface area contributed by atoms with Crippen molar-refractivity contribution in [3.05, 3.63) is 52.3 Å². The van der Waals surface area contributed by atoms with Crippen molar-refractivity contribution in [1.29, 1.82) is 5.26 Å². The zero-order valence-corrected chi connectivity index (χ0v) is 12.6. The lowest BCUT2D eigenvalue weighted by Crippen LogP contribution is -2.17. The summed E-state index contributed by atoms with van der Waals surface area (Å²) in [5.41, 5.74) is 1.46. The van der Waals surface area contributed by atoms with Gasteiger partial charge in [0.1, 0.15) is 5.15 Å². The summed E-state index contributed by atoms with van der Waals surface area (Å²) in [5, 5.41) is 8.97. The highest BCUT2D eigenvalue weighted by Crippen LogP contribution is 2.14. The minimum Gasteiger partial charge on any atom is -0.251 e. The first kappa shape index (κ1) is 15.2. The molecule has 0 atom stereocenters. The third-order valence-electron chi connectivity index (χ3n) is 2.48. The van der Waals surface area contributed by atoms with Gasteiger partial charge >= 0.3 is 0 Å². The summed E-state index contributed by atoms with van der Waals surface area (Å²) < 4.78 is 26.4. The molecule has 0 radical (unpaired) electrons. The van der Waals surface area contributed by atoms with Gasteiger partial charge in [0.25, 0.3) is 0 Å². The Morgan fingerprint density at radius 2 is 2.10 bits per heavy atom. The van der Waals surface area contributed by atoms with Crippen LogP contribution in [0.1, 0.15) is 16.8 Å². The number of nitrogens with one attached hydrogen (secondary N) is 1. The third-order valence-corrected chi connectivity index (χ3v) is 3.88. The van der Waals surface area contributed by atoms with Crippen molar-refractivity contribution in [1.82, 2.24) is 9.97 Å². The average Bonchev–Trinajstić information content (AvgIpc) is 2.36. The van der Waals surface area contributed by atoms with Crippen LogP contribution in [0.5, 0.6) is 0 Å². The first-order valence-electron chi connectivity index (χ1n) is 5.89. The Bertz CT molecular complexity index is 795. The molecule has 1 N–H and O–H groups in total. The second-order valence-corrected chi connectivity index (χ2v) is 6.44. The van der Waals surface area contributed by atoms with Gasteiger partial charge in [0, 0.05) is 5.69 Å². The summed E-state index contributed by atoms with van der Waals surface area (Å²) in [6.07, 6.45) is 0. The number of hydrogen-bond acceptors (Lipinski definition) is 5. The maximum atomic E-state index is 12.1.